The summed E-state index contributed by atoms with van der Waals surface area (Å²) in [6.07, 6.45) is 4.80. The SMILES string of the molecule is COC1(C(NN)C(C)C)CCCC1. The van der Waals surface area contributed by atoms with Crippen molar-refractivity contribution >= 4 is 0 Å². The third kappa shape index (κ3) is 2.03. The molecule has 0 aliphatic heterocycles. The quantitative estimate of drug-likeness (QED) is 0.516. The Morgan fingerprint density at radius 1 is 1.31 bits per heavy atom. The number of hydrogen-bond acceptors (Lipinski definition) is 3. The monoisotopic (exact) mass is 186 g/mol. The van der Waals surface area contributed by atoms with Crippen LogP contribution in [0.3, 0.4) is 0 Å². The first-order valence-corrected chi connectivity index (χ1v) is 5.17. The van der Waals surface area contributed by atoms with Crippen molar-refractivity contribution in [2.24, 2.45) is 11.8 Å². The minimum Gasteiger partial charge on any atom is -0.377 e. The molecule has 0 aromatic carbocycles. The summed E-state index contributed by atoms with van der Waals surface area (Å²) in [5.74, 6) is 6.10. The Morgan fingerprint density at radius 3 is 2.15 bits per heavy atom. The van der Waals surface area contributed by atoms with E-state index in [9.17, 15) is 0 Å². The zero-order chi connectivity index (χ0) is 9.90. The summed E-state index contributed by atoms with van der Waals surface area (Å²) in [4.78, 5) is 0. The van der Waals surface area contributed by atoms with Gasteiger partial charge in [0.25, 0.3) is 0 Å². The summed E-state index contributed by atoms with van der Waals surface area (Å²) in [6, 6.07) is 0.278. The molecule has 0 aromatic heterocycles. The van der Waals surface area contributed by atoms with Crippen molar-refractivity contribution in [2.75, 3.05) is 7.11 Å². The van der Waals surface area contributed by atoms with E-state index in [2.05, 4.69) is 19.3 Å². The number of ether oxygens (including phenoxy) is 1. The molecule has 13 heavy (non-hydrogen) atoms. The van der Waals surface area contributed by atoms with Crippen LogP contribution < -0.4 is 11.3 Å². The van der Waals surface area contributed by atoms with E-state index in [1.165, 1.54) is 12.8 Å². The Hall–Kier alpha value is -0.120. The van der Waals surface area contributed by atoms with Crippen LogP contribution in [0.25, 0.3) is 0 Å². The fourth-order valence-electron chi connectivity index (χ4n) is 2.57. The van der Waals surface area contributed by atoms with Gasteiger partial charge in [0.15, 0.2) is 0 Å². The smallest absolute Gasteiger partial charge is 0.0846 e. The highest BCUT2D eigenvalue weighted by Gasteiger charge is 2.42. The van der Waals surface area contributed by atoms with Crippen molar-refractivity contribution in [1.29, 1.82) is 0 Å². The van der Waals surface area contributed by atoms with E-state index in [1.54, 1.807) is 7.11 Å². The highest BCUT2D eigenvalue weighted by atomic mass is 16.5. The lowest BCUT2D eigenvalue weighted by molar-refractivity contribution is -0.0479. The van der Waals surface area contributed by atoms with Crippen molar-refractivity contribution in [1.82, 2.24) is 5.43 Å². The minimum atomic E-state index is -0.0110. The third-order valence-corrected chi connectivity index (χ3v) is 3.27. The first kappa shape index (κ1) is 11.0. The Labute approximate surface area is 81.0 Å². The van der Waals surface area contributed by atoms with E-state index in [-0.39, 0.29) is 11.6 Å². The molecule has 78 valence electrons. The fourth-order valence-corrected chi connectivity index (χ4v) is 2.57. The van der Waals surface area contributed by atoms with Crippen LogP contribution in [0.1, 0.15) is 39.5 Å². The molecule has 3 nitrogen and oxygen atoms in total. The molecule has 1 aliphatic carbocycles. The van der Waals surface area contributed by atoms with Gasteiger partial charge in [-0.3, -0.25) is 11.3 Å². The van der Waals surface area contributed by atoms with Crippen LogP contribution in [-0.2, 0) is 4.74 Å². The molecule has 1 atom stereocenters. The molecule has 3 N–H and O–H groups in total. The Bertz CT molecular complexity index is 153. The van der Waals surface area contributed by atoms with Gasteiger partial charge in [0.1, 0.15) is 0 Å². The molecule has 1 unspecified atom stereocenters. The van der Waals surface area contributed by atoms with Crippen molar-refractivity contribution < 1.29 is 4.74 Å². The molecule has 0 aromatic rings. The number of methoxy groups -OCH3 is 1. The Balaban J connectivity index is 2.72. The lowest BCUT2D eigenvalue weighted by atomic mass is 9.85. The third-order valence-electron chi connectivity index (χ3n) is 3.27. The van der Waals surface area contributed by atoms with Gasteiger partial charge in [-0.2, -0.15) is 0 Å². The van der Waals surface area contributed by atoms with E-state index < -0.39 is 0 Å². The summed E-state index contributed by atoms with van der Waals surface area (Å²) in [5, 5.41) is 0. The molecule has 0 saturated heterocycles. The highest BCUT2D eigenvalue weighted by Crippen LogP contribution is 2.37. The second kappa shape index (κ2) is 4.40. The number of hydrazine groups is 1. The van der Waals surface area contributed by atoms with Gasteiger partial charge in [-0.15, -0.1) is 0 Å². The Morgan fingerprint density at radius 2 is 1.85 bits per heavy atom. The van der Waals surface area contributed by atoms with Crippen molar-refractivity contribution in [2.45, 2.75) is 51.2 Å². The molecule has 1 aliphatic rings. The number of rotatable bonds is 4. The maximum Gasteiger partial charge on any atom is 0.0846 e. The topological polar surface area (TPSA) is 47.3 Å². The predicted molar refractivity (Wildman–Crippen MR) is 54.2 cm³/mol. The summed E-state index contributed by atoms with van der Waals surface area (Å²) in [6.45, 7) is 4.37. The normalized spacial score (nSPS) is 23.8. The van der Waals surface area contributed by atoms with E-state index in [0.29, 0.717) is 5.92 Å². The minimum absolute atomic E-state index is 0.0110. The van der Waals surface area contributed by atoms with Gasteiger partial charge in [0, 0.05) is 7.11 Å². The largest absolute Gasteiger partial charge is 0.377 e. The summed E-state index contributed by atoms with van der Waals surface area (Å²) in [5.41, 5.74) is 2.90. The van der Waals surface area contributed by atoms with Crippen LogP contribution in [0.15, 0.2) is 0 Å². The maximum absolute atomic E-state index is 5.67. The maximum atomic E-state index is 5.67. The van der Waals surface area contributed by atoms with Crippen molar-refractivity contribution in [3.8, 4) is 0 Å². The van der Waals surface area contributed by atoms with Crippen LogP contribution >= 0.6 is 0 Å². The average Bonchev–Trinajstić information content (AvgIpc) is 2.55. The van der Waals surface area contributed by atoms with E-state index in [4.69, 9.17) is 10.6 Å². The zero-order valence-electron chi connectivity index (χ0n) is 8.97. The van der Waals surface area contributed by atoms with Gasteiger partial charge in [-0.05, 0) is 18.8 Å². The molecule has 1 rings (SSSR count). The molecule has 0 bridgehead atoms. The van der Waals surface area contributed by atoms with E-state index in [1.807, 2.05) is 0 Å². The molecule has 1 saturated carbocycles. The zero-order valence-corrected chi connectivity index (χ0v) is 8.97. The Kier molecular flexibility index (Phi) is 3.71. The van der Waals surface area contributed by atoms with E-state index in [0.717, 1.165) is 12.8 Å². The molecule has 0 spiro atoms. The summed E-state index contributed by atoms with van der Waals surface area (Å²) in [7, 11) is 1.80. The molecular weight excluding hydrogens is 164 g/mol. The lowest BCUT2D eigenvalue weighted by Crippen LogP contribution is -2.55. The molecule has 0 radical (unpaired) electrons. The first-order chi connectivity index (χ1) is 6.16. The molecule has 0 amide bonds. The van der Waals surface area contributed by atoms with Gasteiger partial charge < -0.3 is 4.74 Å². The summed E-state index contributed by atoms with van der Waals surface area (Å²) >= 11 is 0. The van der Waals surface area contributed by atoms with Crippen LogP contribution in [0.5, 0.6) is 0 Å². The van der Waals surface area contributed by atoms with Crippen LogP contribution in [0, 0.1) is 5.92 Å². The van der Waals surface area contributed by atoms with Gasteiger partial charge >= 0.3 is 0 Å². The standard InChI is InChI=1S/C10H22N2O/c1-8(2)9(12-11)10(13-3)6-4-5-7-10/h8-9,12H,4-7,11H2,1-3H3. The molecule has 3 heteroatoms. The second-order valence-electron chi connectivity index (χ2n) is 4.36. The van der Waals surface area contributed by atoms with Gasteiger partial charge in [-0.25, -0.2) is 0 Å². The van der Waals surface area contributed by atoms with Gasteiger partial charge in [0.05, 0.1) is 11.6 Å². The second-order valence-corrected chi connectivity index (χ2v) is 4.36. The average molecular weight is 186 g/mol. The summed E-state index contributed by atoms with van der Waals surface area (Å²) < 4.78 is 5.67. The van der Waals surface area contributed by atoms with Crippen molar-refractivity contribution in [3.05, 3.63) is 0 Å². The lowest BCUT2D eigenvalue weighted by Gasteiger charge is -2.38. The number of nitrogens with one attached hydrogen (secondary N) is 1. The molecule has 1 fully saturated rings. The highest BCUT2D eigenvalue weighted by molar-refractivity contribution is 4.97. The van der Waals surface area contributed by atoms with Crippen LogP contribution in [0.4, 0.5) is 0 Å². The first-order valence-electron chi connectivity index (χ1n) is 5.17. The molecule has 0 heterocycles. The van der Waals surface area contributed by atoms with Crippen molar-refractivity contribution in [3.63, 3.8) is 0 Å². The van der Waals surface area contributed by atoms with Crippen LogP contribution in [0.2, 0.25) is 0 Å². The molecular formula is C10H22N2O. The fraction of sp³-hybridized carbons (Fsp3) is 1.00. The van der Waals surface area contributed by atoms with Gasteiger partial charge in [-0.1, -0.05) is 26.7 Å². The van der Waals surface area contributed by atoms with Crippen LogP contribution in [-0.4, -0.2) is 18.8 Å². The number of hydrogen-bond donors (Lipinski definition) is 2. The predicted octanol–water partition coefficient (Wildman–Crippen LogP) is 1.43. The number of nitrogens with two attached hydrogens (primary N) is 1. The van der Waals surface area contributed by atoms with E-state index >= 15 is 0 Å². The van der Waals surface area contributed by atoms with Gasteiger partial charge in [0.2, 0.25) is 0 Å².